The Bertz CT molecular complexity index is 3300. The van der Waals surface area contributed by atoms with Gasteiger partial charge in [-0.3, -0.25) is 19.2 Å². The van der Waals surface area contributed by atoms with Gasteiger partial charge in [0.1, 0.15) is 30.0 Å². The Morgan fingerprint density at radius 1 is 0.795 bits per heavy atom. The summed E-state index contributed by atoms with van der Waals surface area (Å²) in [5.41, 5.74) is -1.32. The molecule has 2 bridgehead atoms. The van der Waals surface area contributed by atoms with E-state index in [0.717, 1.165) is 43.1 Å². The zero-order valence-electron chi connectivity index (χ0n) is 52.6. The zero-order valence-corrected chi connectivity index (χ0v) is 53.4. The van der Waals surface area contributed by atoms with Crippen LogP contribution in [0.15, 0.2) is 124 Å². The molecule has 2 saturated carbocycles. The van der Waals surface area contributed by atoms with Crippen LogP contribution in [0.3, 0.4) is 0 Å². The highest BCUT2D eigenvalue weighted by molar-refractivity contribution is 8.32. The number of allylic oxidation sites excluding steroid dienone is 1. The van der Waals surface area contributed by atoms with Gasteiger partial charge in [-0.05, 0) is 115 Å². The van der Waals surface area contributed by atoms with Crippen molar-refractivity contribution in [3.05, 3.63) is 137 Å². The lowest BCUT2D eigenvalue weighted by atomic mass is 9.44. The van der Waals surface area contributed by atoms with Gasteiger partial charge in [0.05, 0.1) is 35.6 Å². The molecule has 3 fully saturated rings. The molecule has 2 heterocycles. The number of esters is 3. The van der Waals surface area contributed by atoms with Gasteiger partial charge in [-0.15, -0.1) is 0 Å². The first-order valence-corrected chi connectivity index (χ1v) is 33.0. The molecule has 474 valence electrons. The second-order valence-electron chi connectivity index (χ2n) is 26.0. The fraction of sp³-hybridized carbons (Fsp3) is 0.507. The van der Waals surface area contributed by atoms with E-state index < -0.39 is 117 Å². The fourth-order valence-electron chi connectivity index (χ4n) is 14.3. The van der Waals surface area contributed by atoms with Crippen molar-refractivity contribution in [3.63, 3.8) is 0 Å². The Balaban J connectivity index is 0.830. The van der Waals surface area contributed by atoms with Crippen molar-refractivity contribution in [2.24, 2.45) is 16.7 Å². The van der Waals surface area contributed by atoms with Crippen molar-refractivity contribution >= 4 is 62.5 Å². The first-order valence-electron chi connectivity index (χ1n) is 30.6. The van der Waals surface area contributed by atoms with E-state index in [4.69, 9.17) is 18.9 Å². The minimum Gasteiger partial charge on any atom is -0.456 e. The van der Waals surface area contributed by atoms with Crippen LogP contribution in [-0.2, 0) is 42.9 Å². The van der Waals surface area contributed by atoms with Gasteiger partial charge in [-0.25, -0.2) is 9.59 Å². The molecule has 11 atom stereocenters. The van der Waals surface area contributed by atoms with Crippen molar-refractivity contribution in [3.8, 4) is 0 Å². The number of ketones is 1. The average molecular weight is 1230 g/mol. The molecule has 6 N–H and O–H groups in total. The molecule has 4 aromatic carbocycles. The second kappa shape index (κ2) is 25.9. The molecule has 2 amide bonds. The zero-order chi connectivity index (χ0) is 63.8. The molecular formula is C69H88N4O14S. The van der Waals surface area contributed by atoms with Crippen LogP contribution in [0.5, 0.6) is 0 Å². The second-order valence-corrected chi connectivity index (χ2v) is 29.5. The van der Waals surface area contributed by atoms with Gasteiger partial charge >= 0.3 is 17.9 Å². The topological polar surface area (TPSA) is 251 Å². The number of aliphatic hydroxyl groups excluding tert-OH is 3. The number of ether oxygens (including phenoxy) is 4. The van der Waals surface area contributed by atoms with Crippen molar-refractivity contribution in [2.75, 3.05) is 63.7 Å². The molecule has 4 aromatic rings. The average Bonchev–Trinajstić information content (AvgIpc) is 0.678. The first-order chi connectivity index (χ1) is 41.6. The number of hydrogen-bond acceptors (Lipinski definition) is 16. The van der Waals surface area contributed by atoms with Crippen LogP contribution in [0.2, 0.25) is 0 Å². The van der Waals surface area contributed by atoms with Crippen molar-refractivity contribution in [1.29, 1.82) is 0 Å². The number of carbonyl (C=O) groups is 6. The lowest BCUT2D eigenvalue weighted by molar-refractivity contribution is -0.346. The van der Waals surface area contributed by atoms with Gasteiger partial charge in [-0.1, -0.05) is 99.8 Å². The quantitative estimate of drug-likeness (QED) is 0.0199. The van der Waals surface area contributed by atoms with Gasteiger partial charge in [0.2, 0.25) is 11.8 Å². The van der Waals surface area contributed by atoms with Gasteiger partial charge in [0.15, 0.2) is 17.5 Å². The normalized spacial score (nSPS) is 27.4. The van der Waals surface area contributed by atoms with Crippen LogP contribution in [0.4, 0.5) is 11.4 Å². The first kappa shape index (κ1) is 65.6. The number of anilines is 2. The summed E-state index contributed by atoms with van der Waals surface area (Å²) in [5, 5.41) is 55.9. The fourth-order valence-corrected chi connectivity index (χ4v) is 16.8. The van der Waals surface area contributed by atoms with Crippen LogP contribution in [0.1, 0.15) is 132 Å². The van der Waals surface area contributed by atoms with E-state index >= 15 is 4.79 Å². The molecule has 3 aliphatic carbocycles. The number of Topliss-reactive ketones (excluding diaryl/α,β-unsaturated/α-hetero) is 1. The van der Waals surface area contributed by atoms with E-state index in [1.807, 2.05) is 0 Å². The molecule has 0 aromatic heterocycles. The molecule has 9 rings (SSSR count). The monoisotopic (exact) mass is 1230 g/mol. The Morgan fingerprint density at radius 3 is 1.97 bits per heavy atom. The summed E-state index contributed by atoms with van der Waals surface area (Å²) in [6.07, 6.45) is 0.972. The third-order valence-electron chi connectivity index (χ3n) is 19.5. The summed E-state index contributed by atoms with van der Waals surface area (Å²) < 4.78 is 24.5. The number of unbranched alkanes of at least 4 members (excludes halogenated alkanes) is 4. The molecule has 1 saturated heterocycles. The summed E-state index contributed by atoms with van der Waals surface area (Å²) in [5.74, 6) is -5.78. The van der Waals surface area contributed by atoms with Crippen LogP contribution < -0.4 is 20.4 Å². The number of nitrogens with one attached hydrogen (secondary N) is 2. The number of benzene rings is 4. The smallest absolute Gasteiger partial charge is 0.338 e. The van der Waals surface area contributed by atoms with Crippen LogP contribution in [0.25, 0.3) is 5.57 Å². The summed E-state index contributed by atoms with van der Waals surface area (Å²) in [7, 11) is 6.90. The summed E-state index contributed by atoms with van der Waals surface area (Å²) in [4.78, 5) is 90.8. The summed E-state index contributed by atoms with van der Waals surface area (Å²) in [6, 6.07) is 28.4. The summed E-state index contributed by atoms with van der Waals surface area (Å²) >= 11 is 0. The number of amides is 2. The Kier molecular flexibility index (Phi) is 19.3. The predicted molar refractivity (Wildman–Crippen MR) is 337 cm³/mol. The van der Waals surface area contributed by atoms with Crippen LogP contribution >= 0.6 is 10.0 Å². The van der Waals surface area contributed by atoms with E-state index in [-0.39, 0.29) is 42.1 Å². The Labute approximate surface area is 518 Å². The molecule has 2 unspecified atom stereocenters. The van der Waals surface area contributed by atoms with E-state index in [1.165, 1.54) is 46.9 Å². The number of carbonyl (C=O) groups excluding carboxylic acids is 6. The number of aliphatic hydroxyl groups is 4. The van der Waals surface area contributed by atoms with E-state index in [9.17, 15) is 44.4 Å². The van der Waals surface area contributed by atoms with Crippen LogP contribution in [0, 0.1) is 16.7 Å². The Morgan fingerprint density at radius 2 is 1.39 bits per heavy atom. The van der Waals surface area contributed by atoms with Crippen LogP contribution in [-0.4, -0.2) is 158 Å². The molecule has 5 aliphatic rings. The van der Waals surface area contributed by atoms with Gasteiger partial charge in [0, 0.05) is 93.9 Å². The number of hydrogen-bond donors (Lipinski definition) is 6. The van der Waals surface area contributed by atoms with Crippen molar-refractivity contribution in [1.82, 2.24) is 10.6 Å². The van der Waals surface area contributed by atoms with E-state index in [0.29, 0.717) is 37.8 Å². The van der Waals surface area contributed by atoms with E-state index in [2.05, 4.69) is 104 Å². The Hall–Kier alpha value is -6.87. The summed E-state index contributed by atoms with van der Waals surface area (Å²) in [6.45, 7) is 7.45. The van der Waals surface area contributed by atoms with Gasteiger partial charge < -0.3 is 59.8 Å². The van der Waals surface area contributed by atoms with Gasteiger partial charge in [0.25, 0.3) is 0 Å². The number of rotatable bonds is 21. The molecule has 0 radical (unpaired) electrons. The van der Waals surface area contributed by atoms with Crippen molar-refractivity contribution in [2.45, 2.75) is 162 Å². The number of nitrogens with zero attached hydrogens (tertiary/aromatic N) is 2. The predicted octanol–water partition coefficient (Wildman–Crippen LogP) is 8.15. The molecule has 19 heteroatoms. The van der Waals surface area contributed by atoms with Crippen molar-refractivity contribution < 1.29 is 68.1 Å². The highest BCUT2D eigenvalue weighted by atomic mass is 32.3. The third-order valence-corrected chi connectivity index (χ3v) is 22.4. The maximum absolute atomic E-state index is 15.2. The van der Waals surface area contributed by atoms with E-state index in [1.54, 1.807) is 62.4 Å². The largest absolute Gasteiger partial charge is 0.456 e. The third kappa shape index (κ3) is 12.2. The lowest BCUT2D eigenvalue weighted by Gasteiger charge is -2.67. The molecular weight excluding hydrogens is 1140 g/mol. The lowest BCUT2D eigenvalue weighted by Crippen LogP contribution is -2.81. The molecule has 18 nitrogen and oxygen atoms in total. The molecule has 0 spiro atoms. The SMILES string of the molecule is CC(=O)O[C@@]12CO[C@@H]1C[C@H](O)[C@@]1(C)C(=O)[C@H](O)C3=C(C)[C@@H](OC(=O)C(O)C(NC(=O)CCCCCCCNC(=O)CCC=C4c5ccc(N(C)C)cc5S(C)(C)c5cc(N(C)C)ccc54)c4ccccc4)C[C@@](O)([C@@H](OC(=O)c4ccccc4)[C@H]21)C3(C)C. The highest BCUT2D eigenvalue weighted by Crippen LogP contribution is 2.66. The van der Waals surface area contributed by atoms with Gasteiger partial charge in [-0.2, -0.15) is 10.0 Å². The minimum atomic E-state index is -2.37. The molecule has 88 heavy (non-hydrogen) atoms. The highest BCUT2D eigenvalue weighted by Gasteiger charge is 2.78. The maximum Gasteiger partial charge on any atom is 0.338 e. The minimum absolute atomic E-state index is 0.0155. The standard InChI is InChI=1S/C69H88N4O14S/c1-41-50(39-69(83)63(86-64(81)44-26-19-16-20-27-44)61-67(5,62(80)59(78)57(41)66(69,3)4)53(75)38-54-68(61,40-84-54)87-42(2)74)85-65(82)60(79)58(43-24-17-15-18-25-43)71-56(77)29-21-13-12-14-22-35-70-55(76)30-23-28-47-48-33-31-45(72(6)7)36-51(48)88(10,11)52-37-46(73(8)9)32-34-49(47)52/h15-20,24-28,31-34,36-37,50,53-54,58-61,63,75,78-79,83H,12-14,21-23,29-30,35,38-40H2,1-11H3,(H,70,76)(H,71,77)/t50-,53-,54+,58?,59+,60?,61-,63-,67+,68-,69+/m0/s1. The number of fused-ring (bicyclic) bond motifs is 7. The maximum atomic E-state index is 15.2. The molecule has 2 aliphatic heterocycles.